The fraction of sp³-hybridized carbons (Fsp3) is 0.846. The first kappa shape index (κ1) is 34.2. The van der Waals surface area contributed by atoms with Crippen molar-refractivity contribution in [2.45, 2.75) is 122 Å². The fourth-order valence-corrected chi connectivity index (χ4v) is 4.79. The molecule has 6 N–H and O–H groups in total. The number of hydrogen-bond acceptors (Lipinski definition) is 6. The number of carbonyl (C=O) groups excluding carboxylic acids is 2. The zero-order chi connectivity index (χ0) is 27.0. The standard InChI is InChI=1S/C26H49N3O6S/c1-2-3-4-5-6-7-8-9-10-11-12-13-14-15-18-36-20-22(25(33)28-19-24(31)32)29-23(30)17-16-21(27)26(34)35/h21-22H,2-20,27H2,1H3,(H,28,33)(H,29,30)(H,31,32)(H,34,35)/t21-,22-/m0/s1. The number of rotatable bonds is 25. The van der Waals surface area contributed by atoms with Gasteiger partial charge in [0, 0.05) is 12.2 Å². The highest BCUT2D eigenvalue weighted by atomic mass is 32.2. The summed E-state index contributed by atoms with van der Waals surface area (Å²) in [5.41, 5.74) is 5.41. The molecule has 0 aliphatic carbocycles. The molecule has 210 valence electrons. The van der Waals surface area contributed by atoms with Gasteiger partial charge in [0.25, 0.3) is 0 Å². The molecule has 0 aromatic rings. The predicted octanol–water partition coefficient (Wildman–Crippen LogP) is 4.08. The van der Waals surface area contributed by atoms with Crippen molar-refractivity contribution in [1.29, 1.82) is 0 Å². The molecule has 0 bridgehead atoms. The summed E-state index contributed by atoms with van der Waals surface area (Å²) in [6, 6.07) is -2.03. The third kappa shape index (κ3) is 21.5. The second-order valence-electron chi connectivity index (χ2n) is 9.39. The molecule has 2 atom stereocenters. The quantitative estimate of drug-likeness (QED) is 0.110. The SMILES string of the molecule is CCCCCCCCCCCCCCCCSC[C@H](NC(=O)CC[C@H](N)C(=O)O)C(=O)NCC(=O)O. The number of amides is 2. The first-order valence-electron chi connectivity index (χ1n) is 13.6. The summed E-state index contributed by atoms with van der Waals surface area (Å²) in [5.74, 6) is -2.25. The summed E-state index contributed by atoms with van der Waals surface area (Å²) in [5, 5.41) is 22.5. The van der Waals surface area contributed by atoms with Crippen LogP contribution >= 0.6 is 11.8 Å². The monoisotopic (exact) mass is 531 g/mol. The predicted molar refractivity (Wildman–Crippen MR) is 145 cm³/mol. The normalized spacial score (nSPS) is 12.6. The van der Waals surface area contributed by atoms with Gasteiger partial charge in [-0.15, -0.1) is 0 Å². The number of unbranched alkanes of at least 4 members (excludes halogenated alkanes) is 13. The van der Waals surface area contributed by atoms with E-state index >= 15 is 0 Å². The van der Waals surface area contributed by atoms with Crippen molar-refractivity contribution < 1.29 is 29.4 Å². The highest BCUT2D eigenvalue weighted by Crippen LogP contribution is 2.14. The Morgan fingerprint density at radius 3 is 1.78 bits per heavy atom. The van der Waals surface area contributed by atoms with Gasteiger partial charge >= 0.3 is 11.9 Å². The van der Waals surface area contributed by atoms with E-state index in [4.69, 9.17) is 15.9 Å². The van der Waals surface area contributed by atoms with E-state index in [9.17, 15) is 19.2 Å². The molecule has 36 heavy (non-hydrogen) atoms. The largest absolute Gasteiger partial charge is 0.480 e. The lowest BCUT2D eigenvalue weighted by Crippen LogP contribution is -2.49. The Balaban J connectivity index is 3.98. The Bertz CT molecular complexity index is 620. The number of hydrogen-bond donors (Lipinski definition) is 5. The van der Waals surface area contributed by atoms with Crippen LogP contribution in [0.5, 0.6) is 0 Å². The molecular formula is C26H49N3O6S. The second-order valence-corrected chi connectivity index (χ2v) is 10.5. The molecule has 0 heterocycles. The van der Waals surface area contributed by atoms with Crippen LogP contribution in [0.1, 0.15) is 110 Å². The first-order chi connectivity index (χ1) is 17.3. The lowest BCUT2D eigenvalue weighted by Gasteiger charge is -2.18. The van der Waals surface area contributed by atoms with Crippen molar-refractivity contribution >= 4 is 35.5 Å². The molecule has 0 aromatic carbocycles. The van der Waals surface area contributed by atoms with E-state index in [2.05, 4.69) is 17.6 Å². The number of nitrogens with one attached hydrogen (secondary N) is 2. The number of aliphatic carboxylic acids is 2. The van der Waals surface area contributed by atoms with E-state index in [1.54, 1.807) is 0 Å². The van der Waals surface area contributed by atoms with Gasteiger partial charge in [-0.25, -0.2) is 0 Å². The van der Waals surface area contributed by atoms with Crippen LogP contribution in [0.2, 0.25) is 0 Å². The minimum atomic E-state index is -1.19. The van der Waals surface area contributed by atoms with E-state index in [-0.39, 0.29) is 12.8 Å². The summed E-state index contributed by atoms with van der Waals surface area (Å²) in [4.78, 5) is 45.9. The molecule has 0 aliphatic heterocycles. The fourth-order valence-electron chi connectivity index (χ4n) is 3.75. The van der Waals surface area contributed by atoms with Gasteiger partial charge in [0.05, 0.1) is 0 Å². The number of nitrogens with two attached hydrogens (primary N) is 1. The second kappa shape index (κ2) is 23.6. The van der Waals surface area contributed by atoms with Crippen LogP contribution in [0.3, 0.4) is 0 Å². The molecule has 0 unspecified atom stereocenters. The summed E-state index contributed by atoms with van der Waals surface area (Å²) in [6.07, 6.45) is 17.9. The van der Waals surface area contributed by atoms with Crippen molar-refractivity contribution in [3.63, 3.8) is 0 Å². The van der Waals surface area contributed by atoms with Crippen molar-refractivity contribution in [2.75, 3.05) is 18.1 Å². The average molecular weight is 532 g/mol. The number of carboxylic acid groups (broad SMARTS) is 2. The number of carbonyl (C=O) groups is 4. The molecule has 0 saturated carbocycles. The lowest BCUT2D eigenvalue weighted by molar-refractivity contribution is -0.139. The van der Waals surface area contributed by atoms with Gasteiger partial charge in [-0.3, -0.25) is 19.2 Å². The summed E-state index contributed by atoms with van der Waals surface area (Å²) < 4.78 is 0. The molecule has 0 spiro atoms. The molecule has 10 heteroatoms. The topological polar surface area (TPSA) is 159 Å². The van der Waals surface area contributed by atoms with Gasteiger partial charge in [-0.1, -0.05) is 90.4 Å². The Labute approximate surface area is 221 Å². The Hall–Kier alpha value is -1.81. The third-order valence-corrected chi connectivity index (χ3v) is 7.14. The van der Waals surface area contributed by atoms with E-state index in [0.717, 1.165) is 18.6 Å². The van der Waals surface area contributed by atoms with Gasteiger partial charge < -0.3 is 26.6 Å². The van der Waals surface area contributed by atoms with Crippen LogP contribution in [0, 0.1) is 0 Å². The van der Waals surface area contributed by atoms with Crippen LogP contribution < -0.4 is 16.4 Å². The van der Waals surface area contributed by atoms with Crippen molar-refractivity contribution in [1.82, 2.24) is 10.6 Å². The summed E-state index contributed by atoms with van der Waals surface area (Å²) in [6.45, 7) is 1.72. The van der Waals surface area contributed by atoms with E-state index in [1.165, 1.54) is 88.8 Å². The molecule has 0 saturated heterocycles. The van der Waals surface area contributed by atoms with Crippen LogP contribution in [-0.2, 0) is 19.2 Å². The number of thioether (sulfide) groups is 1. The maximum Gasteiger partial charge on any atom is 0.322 e. The van der Waals surface area contributed by atoms with E-state index < -0.39 is 42.4 Å². The highest BCUT2D eigenvalue weighted by Gasteiger charge is 2.22. The molecule has 9 nitrogen and oxygen atoms in total. The Morgan fingerprint density at radius 1 is 0.806 bits per heavy atom. The summed E-state index contributed by atoms with van der Waals surface area (Å²) >= 11 is 1.54. The maximum atomic E-state index is 12.3. The molecule has 2 amide bonds. The molecule has 0 radical (unpaired) electrons. The minimum absolute atomic E-state index is 0.0448. The average Bonchev–Trinajstić information content (AvgIpc) is 2.84. The number of carboxylic acids is 2. The Morgan fingerprint density at radius 2 is 1.31 bits per heavy atom. The Kier molecular flexibility index (Phi) is 22.4. The zero-order valence-corrected chi connectivity index (χ0v) is 22.9. The van der Waals surface area contributed by atoms with E-state index in [1.807, 2.05) is 0 Å². The summed E-state index contributed by atoms with van der Waals surface area (Å²) in [7, 11) is 0. The molecule has 0 aliphatic rings. The molecule has 0 aromatic heterocycles. The smallest absolute Gasteiger partial charge is 0.322 e. The van der Waals surface area contributed by atoms with Crippen LogP contribution in [0.4, 0.5) is 0 Å². The van der Waals surface area contributed by atoms with Crippen LogP contribution in [0.15, 0.2) is 0 Å². The van der Waals surface area contributed by atoms with Crippen molar-refractivity contribution in [3.8, 4) is 0 Å². The van der Waals surface area contributed by atoms with Gasteiger partial charge in [0.15, 0.2) is 0 Å². The minimum Gasteiger partial charge on any atom is -0.480 e. The van der Waals surface area contributed by atoms with Gasteiger partial charge in [-0.2, -0.15) is 11.8 Å². The first-order valence-corrected chi connectivity index (χ1v) is 14.8. The zero-order valence-electron chi connectivity index (χ0n) is 22.1. The van der Waals surface area contributed by atoms with Gasteiger partial charge in [0.1, 0.15) is 18.6 Å². The molecule has 0 fully saturated rings. The molecular weight excluding hydrogens is 482 g/mol. The van der Waals surface area contributed by atoms with Gasteiger partial charge in [0.2, 0.25) is 11.8 Å². The van der Waals surface area contributed by atoms with E-state index in [0.29, 0.717) is 5.75 Å². The maximum absolute atomic E-state index is 12.3. The third-order valence-electron chi connectivity index (χ3n) is 5.99. The highest BCUT2D eigenvalue weighted by molar-refractivity contribution is 7.99. The van der Waals surface area contributed by atoms with Gasteiger partial charge in [-0.05, 0) is 18.6 Å². The van der Waals surface area contributed by atoms with Crippen LogP contribution in [-0.4, -0.2) is 64.1 Å². The van der Waals surface area contributed by atoms with Crippen LogP contribution in [0.25, 0.3) is 0 Å². The lowest BCUT2D eigenvalue weighted by atomic mass is 10.0. The van der Waals surface area contributed by atoms with Crippen molar-refractivity contribution in [3.05, 3.63) is 0 Å². The van der Waals surface area contributed by atoms with Crippen molar-refractivity contribution in [2.24, 2.45) is 5.73 Å². The molecule has 0 rings (SSSR count).